The number of likely N-dealkylation sites (N-methyl/N-ethyl adjacent to an activating group) is 3. The maximum atomic E-state index is 14.2. The number of pyridine rings is 1. The Morgan fingerprint density at radius 1 is 0.486 bits per heavy atom. The Kier molecular flexibility index (Phi) is 27.5. The van der Waals surface area contributed by atoms with Gasteiger partial charge in [-0.2, -0.15) is 72.0 Å². The van der Waals surface area contributed by atoms with Crippen LogP contribution in [0, 0.1) is 47.8 Å². The smallest absolute Gasteiger partial charge is 0.421 e. The summed E-state index contributed by atoms with van der Waals surface area (Å²) in [5.41, 5.74) is 11.7. The number of rotatable bonds is 24. The molecule has 9 aliphatic heterocycles. The summed E-state index contributed by atoms with van der Waals surface area (Å²) in [5, 5.41) is 37.4. The van der Waals surface area contributed by atoms with Gasteiger partial charge in [-0.1, -0.05) is 97.0 Å². The summed E-state index contributed by atoms with van der Waals surface area (Å²) in [5.74, 6) is -0.289. The van der Waals surface area contributed by atoms with Gasteiger partial charge in [-0.3, -0.25) is 29.2 Å². The number of hydrogen-bond donors (Lipinski definition) is 0. The van der Waals surface area contributed by atoms with E-state index in [9.17, 15) is 56.5 Å². The first-order valence-electron chi connectivity index (χ1n) is 48.1. The highest BCUT2D eigenvalue weighted by molar-refractivity contribution is 6.36. The van der Waals surface area contributed by atoms with Crippen molar-refractivity contribution in [1.82, 2.24) is 64.3 Å². The van der Waals surface area contributed by atoms with E-state index in [2.05, 4.69) is 160 Å². The normalized spacial score (nSPS) is 21.7. The highest BCUT2D eigenvalue weighted by atomic mass is 35.5. The molecule has 0 aliphatic carbocycles. The lowest BCUT2D eigenvalue weighted by molar-refractivity contribution is -0.142. The molecule has 6 aromatic carbocycles. The Bertz CT molecular complexity index is 6620. The number of likely N-dealkylation sites (tertiary alicyclic amines) is 3. The molecule has 6 saturated heterocycles. The van der Waals surface area contributed by atoms with Crippen LogP contribution in [0.1, 0.15) is 119 Å². The Balaban J connectivity index is 0.579. The van der Waals surface area contributed by atoms with Crippen LogP contribution in [-0.4, -0.2) is 270 Å². The lowest BCUT2D eigenvalue weighted by Gasteiger charge is -2.42. The van der Waals surface area contributed by atoms with Gasteiger partial charge in [0, 0.05) is 184 Å². The molecular weight excluding hydrogens is 1810 g/mol. The average Bonchev–Trinajstić information content (AvgIpc) is 0.795. The second-order valence-corrected chi connectivity index (χ2v) is 38.8. The summed E-state index contributed by atoms with van der Waals surface area (Å²) in [6.07, 6.45) is 0.595. The molecule has 10 aromatic rings. The highest BCUT2D eigenvalue weighted by Crippen LogP contribution is 2.47. The number of aromatic nitrogens is 7. The summed E-state index contributed by atoms with van der Waals surface area (Å²) < 4.78 is 103. The number of allylic oxidation sites excluding steroid dienone is 1. The number of carbonyl (C=O) groups is 3. The second-order valence-electron chi connectivity index (χ2n) is 38.4. The molecule has 3 amide bonds. The summed E-state index contributed by atoms with van der Waals surface area (Å²) in [4.78, 5) is 101. The zero-order chi connectivity index (χ0) is 97.5. The van der Waals surface area contributed by atoms with Crippen LogP contribution >= 0.6 is 11.6 Å². The molecule has 0 radical (unpaired) electrons. The lowest BCUT2D eigenvalue weighted by Crippen LogP contribution is -2.56. The molecule has 6 fully saturated rings. The van der Waals surface area contributed by atoms with Crippen LogP contribution < -0.4 is 43.6 Å². The molecule has 726 valence electrons. The molecule has 4 aromatic heterocycles. The zero-order valence-corrected chi connectivity index (χ0v) is 79.8. The molecule has 35 heteroatoms. The van der Waals surface area contributed by atoms with Gasteiger partial charge in [0.25, 0.3) is 5.91 Å². The van der Waals surface area contributed by atoms with Crippen molar-refractivity contribution in [2.75, 3.05) is 169 Å². The van der Waals surface area contributed by atoms with Gasteiger partial charge in [0.15, 0.2) is 0 Å². The SMILES string of the molecule is C=C(C(=O)N1CCN(c2nc(OC[C@@H]3CC(c4cc(N5CCc6c(nc(OC[C@@H]7CCCN7C)nc6N6CCN(C(=O)/C=C/c7ccccn7)[C@@H](CC#N)C6)C5)c5c(C)cccc5c4)CN3C)nc3c2CCN(c2ccc(C4C[C@@H](COc5nc6c(c(N7CCN(C(=O)/C=C/C(F)(F)F)[C@@H](CC#N)C7)n5)CCN(c5cccc7cccc(Cl)c57)C6)N(C)C4)c4cccc(C)c24)C3)C[C@@H]1CC#N)C(F)(F)F. The number of nitrogens with zero attached hydrogens (tertiary/aromatic N) is 22. The molecule has 8 atom stereocenters. The van der Waals surface area contributed by atoms with E-state index in [1.807, 2.05) is 64.4 Å². The van der Waals surface area contributed by atoms with Gasteiger partial charge in [0.2, 0.25) is 11.8 Å². The largest absolute Gasteiger partial charge is 0.462 e. The van der Waals surface area contributed by atoms with E-state index in [1.165, 1.54) is 16.5 Å². The van der Waals surface area contributed by atoms with E-state index in [0.29, 0.717) is 144 Å². The molecule has 2 unspecified atom stereocenters. The Morgan fingerprint density at radius 2 is 0.979 bits per heavy atom. The number of aryl methyl sites for hydroxylation is 2. The third-order valence-electron chi connectivity index (χ3n) is 29.8. The topological polar surface area (TPSA) is 279 Å². The zero-order valence-electron chi connectivity index (χ0n) is 79.0. The highest BCUT2D eigenvalue weighted by Gasteiger charge is 2.45. The van der Waals surface area contributed by atoms with E-state index in [-0.39, 0.29) is 126 Å². The fourth-order valence-electron chi connectivity index (χ4n) is 22.4. The number of anilines is 6. The molecular formula is C105H111ClF6N22O6. The fourth-order valence-corrected chi connectivity index (χ4v) is 22.7. The molecule has 0 N–H and O–H groups in total. The van der Waals surface area contributed by atoms with Gasteiger partial charge in [0.1, 0.15) is 42.8 Å². The number of hydrogen-bond acceptors (Lipinski definition) is 25. The van der Waals surface area contributed by atoms with Crippen molar-refractivity contribution >= 4 is 102 Å². The number of benzene rings is 6. The van der Waals surface area contributed by atoms with E-state index in [4.69, 9.17) is 55.7 Å². The summed E-state index contributed by atoms with van der Waals surface area (Å²) >= 11 is 6.93. The average molecular weight is 1930 g/mol. The quantitative estimate of drug-likeness (QED) is 0.0401. The van der Waals surface area contributed by atoms with Crippen molar-refractivity contribution < 1.29 is 54.9 Å². The van der Waals surface area contributed by atoms with Crippen molar-refractivity contribution in [2.45, 2.75) is 158 Å². The monoisotopic (exact) mass is 1920 g/mol. The minimum Gasteiger partial charge on any atom is -0.462 e. The number of fused-ring (bicyclic) bond motifs is 6. The van der Waals surface area contributed by atoms with Crippen LogP contribution in [0.5, 0.6) is 18.0 Å². The van der Waals surface area contributed by atoms with Crippen LogP contribution in [0.15, 0.2) is 152 Å². The van der Waals surface area contributed by atoms with Crippen LogP contribution in [0.3, 0.4) is 0 Å². The van der Waals surface area contributed by atoms with Crippen LogP contribution in [-0.2, 0) is 53.3 Å². The van der Waals surface area contributed by atoms with Crippen molar-refractivity contribution in [3.05, 3.63) is 219 Å². The molecule has 0 saturated carbocycles. The first-order chi connectivity index (χ1) is 67.6. The molecule has 140 heavy (non-hydrogen) atoms. The number of piperazine rings is 3. The van der Waals surface area contributed by atoms with Gasteiger partial charge >= 0.3 is 30.4 Å². The van der Waals surface area contributed by atoms with Crippen LogP contribution in [0.4, 0.5) is 60.9 Å². The van der Waals surface area contributed by atoms with Gasteiger partial charge in [0.05, 0.1) is 103 Å². The Hall–Kier alpha value is -13.5. The van der Waals surface area contributed by atoms with Gasteiger partial charge in [-0.15, -0.1) is 0 Å². The fraction of sp³-hybridized carbons (Fsp3) is 0.438. The lowest BCUT2D eigenvalue weighted by atomic mass is 9.89. The first-order valence-corrected chi connectivity index (χ1v) is 48.5. The van der Waals surface area contributed by atoms with E-state index < -0.39 is 47.9 Å². The molecule has 19 rings (SSSR count). The predicted octanol–water partition coefficient (Wildman–Crippen LogP) is 14.8. The number of amides is 3. The minimum absolute atomic E-state index is 0.0129. The molecule has 0 spiro atoms. The van der Waals surface area contributed by atoms with E-state index in [0.717, 1.165) is 131 Å². The summed E-state index contributed by atoms with van der Waals surface area (Å²) in [7, 11) is 6.31. The molecule has 28 nitrogen and oxygen atoms in total. The van der Waals surface area contributed by atoms with Crippen LogP contribution in [0.25, 0.3) is 38.4 Å². The third-order valence-corrected chi connectivity index (χ3v) is 30.1. The number of alkyl halides is 6. The summed E-state index contributed by atoms with van der Waals surface area (Å²) in [6, 6.07) is 44.5. The maximum Gasteiger partial charge on any atom is 0.421 e. The summed E-state index contributed by atoms with van der Waals surface area (Å²) in [6.45, 7) is 15.3. The van der Waals surface area contributed by atoms with Crippen molar-refractivity contribution in [2.24, 2.45) is 0 Å². The van der Waals surface area contributed by atoms with Crippen molar-refractivity contribution in [1.29, 1.82) is 15.8 Å². The standard InChI is InChI=1S/C105H111ClF6N22O6/c1-65-14-9-18-69-50-70(53-91(94(65)69)128-43-34-84-88(61-128)119-101(138-62-77-20-13-40-123(77)4)120-98(84)129-44-47-132(74(56-129)29-36-113)92(135)27-24-73-19-7-8-39-116-73)71-51-78(124(5)54-71)63-139-102-118-87-60-127(42-33-83(87)99(122-102)131-46-49-134(76(58-131)31-38-115)100(137)67(3)105(110,111)112)90-26-25-80(81-21-10-15-66(2)95(81)90)72-52-79(125(6)55-72)64-140-103-117-86-59-126(89-23-12-17-68-16-11-22-85(106)96(68)89)41-32-82(86)97(121-103)130-45-48-133(75(57-130)30-37-114)93(136)28-35-104(107,108)109/h7-12,14-19,21-28,35,39,50,53,71-72,74-79H,3,13,20,29-34,40-49,51-52,54-64H2,1-2,4-6H3/b27-24+,35-28+/t71?,72?,74-,75-,76-,77-,78-,79-/m0/s1. The van der Waals surface area contributed by atoms with E-state index >= 15 is 0 Å². The van der Waals surface area contributed by atoms with Crippen LogP contribution in [0.2, 0.25) is 5.02 Å². The second kappa shape index (κ2) is 40.4. The Morgan fingerprint density at radius 3 is 1.51 bits per heavy atom. The molecule has 9 aliphatic rings. The predicted molar refractivity (Wildman–Crippen MR) is 524 cm³/mol. The Labute approximate surface area is 814 Å². The third kappa shape index (κ3) is 20.0. The number of carbonyl (C=O) groups excluding carboxylic acids is 3. The molecule has 0 bridgehead atoms. The van der Waals surface area contributed by atoms with Gasteiger partial charge < -0.3 is 63.2 Å². The molecule has 13 heterocycles. The van der Waals surface area contributed by atoms with Gasteiger partial charge in [-0.25, -0.2) is 0 Å². The minimum atomic E-state index is -4.98. The van der Waals surface area contributed by atoms with Crippen molar-refractivity contribution in [3.63, 3.8) is 0 Å². The van der Waals surface area contributed by atoms with Gasteiger partial charge in [-0.05, 0) is 179 Å². The number of nitriles is 3. The number of halogens is 7. The van der Waals surface area contributed by atoms with E-state index in [1.54, 1.807) is 17.2 Å². The first kappa shape index (κ1) is 95.5. The number of ether oxygens (including phenoxy) is 3. The van der Waals surface area contributed by atoms with Crippen molar-refractivity contribution in [3.8, 4) is 36.2 Å². The maximum absolute atomic E-state index is 14.2.